The Bertz CT molecular complexity index is 1350. The quantitative estimate of drug-likeness (QED) is 0.106. The number of rotatable bonds is 11. The summed E-state index contributed by atoms with van der Waals surface area (Å²) >= 11 is 7.13. The van der Waals surface area contributed by atoms with E-state index >= 15 is 0 Å². The number of benzene rings is 2. The molecule has 0 radical (unpaired) electrons. The van der Waals surface area contributed by atoms with Crippen molar-refractivity contribution in [1.82, 2.24) is 0 Å². The molecule has 40 heavy (non-hydrogen) atoms. The molecule has 1 aromatic heterocycles. The first-order valence-electron chi connectivity index (χ1n) is 13.0. The van der Waals surface area contributed by atoms with Crippen molar-refractivity contribution >= 4 is 46.7 Å². The van der Waals surface area contributed by atoms with Gasteiger partial charge in [-0.2, -0.15) is 0 Å². The largest absolute Gasteiger partial charge is 0.497 e. The minimum Gasteiger partial charge on any atom is -0.497 e. The molecule has 9 heteroatoms. The monoisotopic (exact) mass is 582 g/mol. The van der Waals surface area contributed by atoms with Gasteiger partial charge in [-0.25, -0.2) is 0 Å². The van der Waals surface area contributed by atoms with Crippen LogP contribution in [0.4, 0.5) is 0 Å². The van der Waals surface area contributed by atoms with E-state index in [0.717, 1.165) is 12.0 Å². The number of ketones is 1. The molecule has 0 unspecified atom stereocenters. The second kappa shape index (κ2) is 14.3. The smallest absolute Gasteiger partial charge is 0.314 e. The van der Waals surface area contributed by atoms with Gasteiger partial charge in [0.05, 0.1) is 34.8 Å². The lowest BCUT2D eigenvalue weighted by Crippen LogP contribution is -2.30. The molecule has 3 aromatic rings. The van der Waals surface area contributed by atoms with Crippen LogP contribution in [0.1, 0.15) is 46.5 Å². The van der Waals surface area contributed by atoms with Crippen molar-refractivity contribution in [3.05, 3.63) is 81.0 Å². The summed E-state index contributed by atoms with van der Waals surface area (Å²) in [5.41, 5.74) is 1.64. The van der Waals surface area contributed by atoms with Crippen molar-refractivity contribution in [3.8, 4) is 17.2 Å². The van der Waals surface area contributed by atoms with E-state index in [9.17, 15) is 14.4 Å². The zero-order valence-electron chi connectivity index (χ0n) is 22.4. The molecule has 1 heterocycles. The molecular weight excluding hydrogens is 552 g/mol. The van der Waals surface area contributed by atoms with Crippen LogP contribution in [0.25, 0.3) is 6.08 Å². The standard InChI is InChI=1S/C31H31ClO7S/c1-36-18-17-20-3-10-24(11-4-20)38-30(34)21-5-7-22(8-6-21)31(35)39-27-14-12-25(37-2)19-23(27)9-13-26(33)28-15-16-29(32)40-28/h3-4,9-16,19,21-22H,5-8,17-18H2,1-2H3/b13-9+. The van der Waals surface area contributed by atoms with E-state index in [2.05, 4.69) is 0 Å². The van der Waals surface area contributed by atoms with Gasteiger partial charge in [-0.15, -0.1) is 11.3 Å². The summed E-state index contributed by atoms with van der Waals surface area (Å²) in [5, 5.41) is 0. The van der Waals surface area contributed by atoms with Gasteiger partial charge >= 0.3 is 11.9 Å². The highest BCUT2D eigenvalue weighted by Crippen LogP contribution is 2.33. The second-order valence-electron chi connectivity index (χ2n) is 9.48. The molecule has 0 atom stereocenters. The summed E-state index contributed by atoms with van der Waals surface area (Å²) < 4.78 is 22.3. The Hall–Kier alpha value is -3.46. The number of halogens is 1. The predicted molar refractivity (Wildman–Crippen MR) is 154 cm³/mol. The second-order valence-corrected chi connectivity index (χ2v) is 11.2. The predicted octanol–water partition coefficient (Wildman–Crippen LogP) is 6.81. The summed E-state index contributed by atoms with van der Waals surface area (Å²) in [7, 11) is 3.20. The van der Waals surface area contributed by atoms with Gasteiger partial charge in [-0.3, -0.25) is 14.4 Å². The average molecular weight is 583 g/mol. The molecule has 0 spiro atoms. The number of carbonyl (C=O) groups excluding carboxylic acids is 3. The van der Waals surface area contributed by atoms with Crippen LogP contribution in [0, 0.1) is 11.8 Å². The maximum atomic E-state index is 13.0. The molecule has 0 N–H and O–H groups in total. The molecule has 1 fully saturated rings. The minimum atomic E-state index is -0.366. The fourth-order valence-corrected chi connectivity index (χ4v) is 5.43. The topological polar surface area (TPSA) is 88.1 Å². The van der Waals surface area contributed by atoms with Gasteiger partial charge in [0.25, 0.3) is 0 Å². The number of hydrogen-bond acceptors (Lipinski definition) is 8. The molecule has 0 bridgehead atoms. The Morgan fingerprint density at radius 1 is 0.875 bits per heavy atom. The molecule has 7 nitrogen and oxygen atoms in total. The van der Waals surface area contributed by atoms with E-state index in [0.29, 0.717) is 64.3 Å². The van der Waals surface area contributed by atoms with Crippen molar-refractivity contribution in [2.45, 2.75) is 32.1 Å². The third-order valence-corrected chi connectivity index (χ3v) is 8.03. The lowest BCUT2D eigenvalue weighted by Gasteiger charge is -2.26. The van der Waals surface area contributed by atoms with E-state index in [1.165, 1.54) is 24.5 Å². The summed E-state index contributed by atoms with van der Waals surface area (Å²) in [6.45, 7) is 0.631. The van der Waals surface area contributed by atoms with Crippen LogP contribution >= 0.6 is 22.9 Å². The Labute approximate surface area is 242 Å². The Balaban J connectivity index is 1.32. The minimum absolute atomic E-state index is 0.204. The Morgan fingerprint density at radius 3 is 2.12 bits per heavy atom. The van der Waals surface area contributed by atoms with Crippen molar-refractivity contribution in [2.24, 2.45) is 11.8 Å². The third-order valence-electron chi connectivity index (χ3n) is 6.79. The molecule has 210 valence electrons. The highest BCUT2D eigenvalue weighted by molar-refractivity contribution is 7.18. The lowest BCUT2D eigenvalue weighted by atomic mass is 9.82. The normalized spacial score (nSPS) is 17.0. The number of esters is 2. The molecule has 0 amide bonds. The van der Waals surface area contributed by atoms with Gasteiger partial charge in [0, 0.05) is 12.7 Å². The Morgan fingerprint density at radius 2 is 1.52 bits per heavy atom. The van der Waals surface area contributed by atoms with Gasteiger partial charge in [0.1, 0.15) is 17.2 Å². The van der Waals surface area contributed by atoms with Crippen LogP contribution < -0.4 is 14.2 Å². The average Bonchev–Trinajstić information content (AvgIpc) is 3.42. The zero-order chi connectivity index (χ0) is 28.5. The molecular formula is C31H31ClO7S. The van der Waals surface area contributed by atoms with E-state index in [1.54, 1.807) is 55.7 Å². The fraction of sp³-hybridized carbons (Fsp3) is 0.323. The summed E-state index contributed by atoms with van der Waals surface area (Å²) in [5.74, 6) is -0.0567. The highest BCUT2D eigenvalue weighted by atomic mass is 35.5. The summed E-state index contributed by atoms with van der Waals surface area (Å²) in [4.78, 5) is 38.8. The molecule has 0 aliphatic heterocycles. The van der Waals surface area contributed by atoms with Gasteiger partial charge in [-0.05, 0) is 92.3 Å². The van der Waals surface area contributed by atoms with Crippen LogP contribution in [0.5, 0.6) is 17.2 Å². The first-order chi connectivity index (χ1) is 19.4. The maximum Gasteiger partial charge on any atom is 0.314 e. The van der Waals surface area contributed by atoms with E-state index in [-0.39, 0.29) is 29.6 Å². The summed E-state index contributed by atoms with van der Waals surface area (Å²) in [6.07, 6.45) is 5.93. The van der Waals surface area contributed by atoms with Gasteiger partial charge in [0.2, 0.25) is 0 Å². The molecule has 1 saturated carbocycles. The molecule has 1 aliphatic rings. The molecule has 2 aromatic carbocycles. The van der Waals surface area contributed by atoms with E-state index in [1.807, 2.05) is 12.1 Å². The lowest BCUT2D eigenvalue weighted by molar-refractivity contribution is -0.145. The van der Waals surface area contributed by atoms with Gasteiger partial charge in [-0.1, -0.05) is 23.7 Å². The summed E-state index contributed by atoms with van der Waals surface area (Å²) in [6, 6.07) is 15.8. The molecule has 1 aliphatic carbocycles. The van der Waals surface area contributed by atoms with Crippen molar-refractivity contribution in [3.63, 3.8) is 0 Å². The number of methoxy groups -OCH3 is 2. The SMILES string of the molecule is COCCc1ccc(OC(=O)C2CCC(C(=O)Oc3ccc(OC)cc3/C=C/C(=O)c3ccc(Cl)s3)CC2)cc1. The van der Waals surface area contributed by atoms with Crippen LogP contribution in [0.15, 0.2) is 60.7 Å². The number of allylic oxidation sites excluding steroid dienone is 1. The van der Waals surface area contributed by atoms with Crippen LogP contribution in [-0.4, -0.2) is 38.5 Å². The van der Waals surface area contributed by atoms with Crippen LogP contribution in [0.2, 0.25) is 4.34 Å². The van der Waals surface area contributed by atoms with Gasteiger partial charge < -0.3 is 18.9 Å². The van der Waals surface area contributed by atoms with Crippen LogP contribution in [0.3, 0.4) is 0 Å². The number of carbonyl (C=O) groups is 3. The van der Waals surface area contributed by atoms with Crippen molar-refractivity contribution in [1.29, 1.82) is 0 Å². The first kappa shape index (κ1) is 29.5. The Kier molecular flexibility index (Phi) is 10.5. The van der Waals surface area contributed by atoms with E-state index < -0.39 is 0 Å². The third kappa shape index (κ3) is 8.03. The fourth-order valence-electron chi connectivity index (χ4n) is 4.47. The van der Waals surface area contributed by atoms with Crippen LogP contribution in [-0.2, 0) is 20.7 Å². The number of thiophene rings is 1. The number of hydrogen-bond donors (Lipinski definition) is 0. The number of ether oxygens (including phenoxy) is 4. The van der Waals surface area contributed by atoms with Crippen molar-refractivity contribution in [2.75, 3.05) is 20.8 Å². The van der Waals surface area contributed by atoms with Crippen molar-refractivity contribution < 1.29 is 33.3 Å². The molecule has 0 saturated heterocycles. The van der Waals surface area contributed by atoms with Gasteiger partial charge in [0.15, 0.2) is 5.78 Å². The highest BCUT2D eigenvalue weighted by Gasteiger charge is 2.32. The van der Waals surface area contributed by atoms with E-state index in [4.69, 9.17) is 30.5 Å². The zero-order valence-corrected chi connectivity index (χ0v) is 24.0. The molecule has 4 rings (SSSR count). The first-order valence-corrected chi connectivity index (χ1v) is 14.2. The maximum absolute atomic E-state index is 13.0.